The van der Waals surface area contributed by atoms with E-state index in [1.807, 2.05) is 11.4 Å². The maximum atomic E-state index is 6.06. The molecule has 0 N–H and O–H groups in total. The minimum atomic E-state index is 0.335. The van der Waals surface area contributed by atoms with Crippen molar-refractivity contribution in [2.75, 3.05) is 33.5 Å². The summed E-state index contributed by atoms with van der Waals surface area (Å²) in [5, 5.41) is 3.30. The van der Waals surface area contributed by atoms with Crippen molar-refractivity contribution >= 4 is 33.2 Å². The molecule has 0 radical (unpaired) electrons. The zero-order valence-electron chi connectivity index (χ0n) is 10.6. The van der Waals surface area contributed by atoms with Crippen LogP contribution >= 0.6 is 22.9 Å². The van der Waals surface area contributed by atoms with Crippen LogP contribution in [-0.2, 0) is 20.8 Å². The number of halogens is 1. The van der Waals surface area contributed by atoms with E-state index in [4.69, 9.17) is 25.8 Å². The van der Waals surface area contributed by atoms with E-state index in [9.17, 15) is 0 Å². The van der Waals surface area contributed by atoms with Crippen LogP contribution in [0.4, 0.5) is 0 Å². The summed E-state index contributed by atoms with van der Waals surface area (Å²) in [6, 6.07) is 1.91. The highest BCUT2D eigenvalue weighted by molar-refractivity contribution is 7.16. The Kier molecular flexibility index (Phi) is 5.93. The maximum absolute atomic E-state index is 6.06. The number of fused-ring (bicyclic) bond motifs is 1. The van der Waals surface area contributed by atoms with Crippen molar-refractivity contribution in [2.24, 2.45) is 0 Å². The van der Waals surface area contributed by atoms with Crippen molar-refractivity contribution in [1.82, 2.24) is 9.97 Å². The van der Waals surface area contributed by atoms with Crippen LogP contribution in [0.1, 0.15) is 5.82 Å². The van der Waals surface area contributed by atoms with Gasteiger partial charge in [0.2, 0.25) is 0 Å². The summed E-state index contributed by atoms with van der Waals surface area (Å²) in [6.07, 6.45) is 0. The van der Waals surface area contributed by atoms with Gasteiger partial charge in [-0.05, 0) is 11.4 Å². The molecule has 0 unspecified atom stereocenters. The number of hydrogen-bond acceptors (Lipinski definition) is 6. The van der Waals surface area contributed by atoms with Crippen molar-refractivity contribution < 1.29 is 14.2 Å². The van der Waals surface area contributed by atoms with E-state index in [1.54, 1.807) is 7.11 Å². The van der Waals surface area contributed by atoms with Gasteiger partial charge in [0.1, 0.15) is 16.6 Å². The zero-order valence-corrected chi connectivity index (χ0v) is 12.2. The molecule has 0 saturated carbocycles. The normalized spacial score (nSPS) is 11.3. The highest BCUT2D eigenvalue weighted by Gasteiger charge is 2.06. The molecule has 7 heteroatoms. The fraction of sp³-hybridized carbons (Fsp3) is 0.500. The summed E-state index contributed by atoms with van der Waals surface area (Å²) >= 11 is 7.60. The van der Waals surface area contributed by atoms with Crippen LogP contribution < -0.4 is 0 Å². The standard InChI is InChI=1S/C12H15ClN2O3S/c1-16-3-4-17-5-6-18-8-10-14-11(13)9-2-7-19-12(9)15-10/h2,7H,3-6,8H2,1H3. The molecule has 0 bridgehead atoms. The first-order chi connectivity index (χ1) is 9.31. The molecule has 0 aromatic carbocycles. The minimum Gasteiger partial charge on any atom is -0.382 e. The Morgan fingerprint density at radius 3 is 2.79 bits per heavy atom. The SMILES string of the molecule is COCCOCCOCc1nc(Cl)c2ccsc2n1. The second-order valence-corrected chi connectivity index (χ2v) is 4.98. The summed E-state index contributed by atoms with van der Waals surface area (Å²) < 4.78 is 15.6. The first-order valence-corrected chi connectivity index (χ1v) is 7.11. The third-order valence-corrected chi connectivity index (χ3v) is 3.45. The lowest BCUT2D eigenvalue weighted by molar-refractivity contribution is 0.0185. The summed E-state index contributed by atoms with van der Waals surface area (Å²) in [6.45, 7) is 2.52. The second kappa shape index (κ2) is 7.72. The topological polar surface area (TPSA) is 53.5 Å². The molecule has 0 aliphatic carbocycles. The number of hydrogen-bond donors (Lipinski definition) is 0. The molecule has 2 aromatic heterocycles. The lowest BCUT2D eigenvalue weighted by atomic mass is 10.4. The Balaban J connectivity index is 1.75. The molecule has 0 saturated heterocycles. The molecule has 19 heavy (non-hydrogen) atoms. The molecule has 0 atom stereocenters. The van der Waals surface area contributed by atoms with Crippen molar-refractivity contribution in [2.45, 2.75) is 6.61 Å². The van der Waals surface area contributed by atoms with Gasteiger partial charge < -0.3 is 14.2 Å². The van der Waals surface area contributed by atoms with Gasteiger partial charge in [-0.25, -0.2) is 9.97 Å². The monoisotopic (exact) mass is 302 g/mol. The summed E-state index contributed by atoms with van der Waals surface area (Å²) in [5.74, 6) is 0.594. The number of rotatable bonds is 8. The molecule has 2 heterocycles. The molecule has 0 fully saturated rings. The number of nitrogens with zero attached hydrogens (tertiary/aromatic N) is 2. The van der Waals surface area contributed by atoms with Gasteiger partial charge in [-0.2, -0.15) is 0 Å². The number of ether oxygens (including phenoxy) is 3. The lowest BCUT2D eigenvalue weighted by Gasteiger charge is -2.05. The van der Waals surface area contributed by atoms with Crippen molar-refractivity contribution in [3.05, 3.63) is 22.4 Å². The van der Waals surface area contributed by atoms with Crippen LogP contribution in [0.3, 0.4) is 0 Å². The predicted octanol–water partition coefficient (Wildman–Crippen LogP) is 2.52. The molecule has 104 valence electrons. The number of thiophene rings is 1. The molecule has 0 aliphatic heterocycles. The van der Waals surface area contributed by atoms with E-state index < -0.39 is 0 Å². The molecular weight excluding hydrogens is 288 g/mol. The largest absolute Gasteiger partial charge is 0.382 e. The second-order valence-electron chi connectivity index (χ2n) is 3.73. The molecule has 5 nitrogen and oxygen atoms in total. The number of methoxy groups -OCH3 is 1. The molecule has 2 aromatic rings. The third-order valence-electron chi connectivity index (χ3n) is 2.36. The van der Waals surface area contributed by atoms with Crippen molar-refractivity contribution in [3.8, 4) is 0 Å². The molecule has 2 rings (SSSR count). The summed E-state index contributed by atoms with van der Waals surface area (Å²) in [7, 11) is 1.64. The summed E-state index contributed by atoms with van der Waals surface area (Å²) in [4.78, 5) is 9.46. The van der Waals surface area contributed by atoms with Crippen molar-refractivity contribution in [1.29, 1.82) is 0 Å². The van der Waals surface area contributed by atoms with Crippen LogP contribution in [0.25, 0.3) is 10.2 Å². The van der Waals surface area contributed by atoms with Gasteiger partial charge in [0.25, 0.3) is 0 Å². The van der Waals surface area contributed by atoms with E-state index in [2.05, 4.69) is 9.97 Å². The Labute approximate surface area is 120 Å². The smallest absolute Gasteiger partial charge is 0.157 e. The maximum Gasteiger partial charge on any atom is 0.157 e. The fourth-order valence-corrected chi connectivity index (χ4v) is 2.54. The van der Waals surface area contributed by atoms with E-state index in [-0.39, 0.29) is 0 Å². The van der Waals surface area contributed by atoms with Gasteiger partial charge in [-0.1, -0.05) is 11.6 Å². The van der Waals surface area contributed by atoms with Crippen LogP contribution in [0.2, 0.25) is 5.15 Å². The average Bonchev–Trinajstić information content (AvgIpc) is 2.86. The van der Waals surface area contributed by atoms with Gasteiger partial charge >= 0.3 is 0 Å². The predicted molar refractivity (Wildman–Crippen MR) is 74.8 cm³/mol. The van der Waals surface area contributed by atoms with Crippen molar-refractivity contribution in [3.63, 3.8) is 0 Å². The van der Waals surface area contributed by atoms with Crippen LogP contribution in [0.15, 0.2) is 11.4 Å². The van der Waals surface area contributed by atoms with Gasteiger partial charge in [-0.15, -0.1) is 11.3 Å². The first-order valence-electron chi connectivity index (χ1n) is 5.85. The lowest BCUT2D eigenvalue weighted by Crippen LogP contribution is -2.09. The Hall–Kier alpha value is -0.790. The molecule has 0 spiro atoms. The average molecular weight is 303 g/mol. The quantitative estimate of drug-likeness (QED) is 0.554. The van der Waals surface area contributed by atoms with Gasteiger partial charge in [0, 0.05) is 12.5 Å². The van der Waals surface area contributed by atoms with Crippen LogP contribution in [-0.4, -0.2) is 43.5 Å². The van der Waals surface area contributed by atoms with E-state index in [0.717, 1.165) is 10.2 Å². The van der Waals surface area contributed by atoms with Crippen LogP contribution in [0, 0.1) is 0 Å². The van der Waals surface area contributed by atoms with E-state index in [1.165, 1.54) is 11.3 Å². The molecule has 0 aliphatic rings. The summed E-state index contributed by atoms with van der Waals surface area (Å²) in [5.41, 5.74) is 0. The molecule has 0 amide bonds. The van der Waals surface area contributed by atoms with Gasteiger partial charge in [-0.3, -0.25) is 0 Å². The highest BCUT2D eigenvalue weighted by atomic mass is 35.5. The van der Waals surface area contributed by atoms with E-state index in [0.29, 0.717) is 44.0 Å². The third kappa shape index (κ3) is 4.36. The molecular formula is C12H15ClN2O3S. The Morgan fingerprint density at radius 1 is 1.16 bits per heavy atom. The fourth-order valence-electron chi connectivity index (χ4n) is 1.45. The highest BCUT2D eigenvalue weighted by Crippen LogP contribution is 2.24. The first kappa shape index (κ1) is 14.6. The van der Waals surface area contributed by atoms with Crippen LogP contribution in [0.5, 0.6) is 0 Å². The van der Waals surface area contributed by atoms with E-state index >= 15 is 0 Å². The Morgan fingerprint density at radius 2 is 1.95 bits per heavy atom. The Bertz CT molecular complexity index is 521. The number of aromatic nitrogens is 2. The van der Waals surface area contributed by atoms with Gasteiger partial charge in [0.15, 0.2) is 5.82 Å². The van der Waals surface area contributed by atoms with Gasteiger partial charge in [0.05, 0.1) is 26.4 Å². The zero-order chi connectivity index (χ0) is 13.5. The minimum absolute atomic E-state index is 0.335.